The molecule has 4 fully saturated rings. The Morgan fingerprint density at radius 2 is 1.95 bits per heavy atom. The minimum atomic E-state index is 0.240. The zero-order valence-electron chi connectivity index (χ0n) is 13.2. The number of nitrogens with one attached hydrogen (secondary N) is 1. The van der Waals surface area contributed by atoms with Crippen LogP contribution in [0.15, 0.2) is 0 Å². The molecule has 21 heavy (non-hydrogen) atoms. The van der Waals surface area contributed by atoms with E-state index in [2.05, 4.69) is 22.0 Å². The predicted octanol–water partition coefficient (Wildman–Crippen LogP) is 2.65. The quantitative estimate of drug-likeness (QED) is 0.863. The summed E-state index contributed by atoms with van der Waals surface area (Å²) < 4.78 is 6.30. The van der Waals surface area contributed by atoms with Gasteiger partial charge in [0.15, 0.2) is 0 Å². The van der Waals surface area contributed by atoms with Crippen LogP contribution in [0.5, 0.6) is 0 Å². The van der Waals surface area contributed by atoms with Crippen molar-refractivity contribution in [3.8, 4) is 0 Å². The van der Waals surface area contributed by atoms with Crippen LogP contribution in [0.25, 0.3) is 0 Å². The van der Waals surface area contributed by atoms with Crippen molar-refractivity contribution in [2.75, 3.05) is 31.2 Å². The second-order valence-electron chi connectivity index (χ2n) is 7.51. The Morgan fingerprint density at radius 3 is 2.67 bits per heavy atom. The first kappa shape index (κ1) is 14.8. The molecule has 1 saturated carbocycles. The minimum absolute atomic E-state index is 0.240. The van der Waals surface area contributed by atoms with Crippen molar-refractivity contribution < 1.29 is 4.74 Å². The van der Waals surface area contributed by atoms with Gasteiger partial charge in [-0.25, -0.2) is 0 Å². The van der Waals surface area contributed by atoms with E-state index in [1.807, 2.05) is 0 Å². The van der Waals surface area contributed by atoms with Crippen LogP contribution in [0, 0.1) is 0 Å². The molecule has 4 rings (SSSR count). The Morgan fingerprint density at radius 1 is 1.10 bits per heavy atom. The Kier molecular flexibility index (Phi) is 4.50. The van der Waals surface area contributed by atoms with Crippen molar-refractivity contribution in [3.05, 3.63) is 0 Å². The highest BCUT2D eigenvalue weighted by Crippen LogP contribution is 2.41. The molecule has 2 atom stereocenters. The van der Waals surface area contributed by atoms with Crippen molar-refractivity contribution in [1.29, 1.82) is 0 Å². The minimum Gasteiger partial charge on any atom is -0.375 e. The molecule has 1 spiro atoms. The summed E-state index contributed by atoms with van der Waals surface area (Å²) in [5.41, 5.74) is 0.240. The molecule has 0 radical (unpaired) electrons. The lowest BCUT2D eigenvalue weighted by molar-refractivity contribution is -0.112. The van der Waals surface area contributed by atoms with Crippen molar-refractivity contribution in [2.24, 2.45) is 0 Å². The van der Waals surface area contributed by atoms with Gasteiger partial charge >= 0.3 is 0 Å². The Bertz CT molecular complexity index is 343. The molecule has 2 unspecified atom stereocenters. The fourth-order valence-electron chi connectivity index (χ4n) is 4.55. The topological polar surface area (TPSA) is 24.5 Å². The van der Waals surface area contributed by atoms with Crippen LogP contribution in [-0.2, 0) is 4.74 Å². The highest BCUT2D eigenvalue weighted by Gasteiger charge is 2.44. The van der Waals surface area contributed by atoms with Gasteiger partial charge in [0.05, 0.1) is 5.60 Å². The Labute approximate surface area is 133 Å². The van der Waals surface area contributed by atoms with Crippen LogP contribution in [-0.4, -0.2) is 59.8 Å². The summed E-state index contributed by atoms with van der Waals surface area (Å²) in [5.74, 6) is 2.61. The number of thioether (sulfide) groups is 1. The third kappa shape index (κ3) is 3.44. The van der Waals surface area contributed by atoms with E-state index >= 15 is 0 Å². The van der Waals surface area contributed by atoms with E-state index in [4.69, 9.17) is 4.74 Å². The molecule has 0 amide bonds. The average molecular weight is 311 g/mol. The maximum absolute atomic E-state index is 6.30. The van der Waals surface area contributed by atoms with Gasteiger partial charge in [0, 0.05) is 31.3 Å². The second kappa shape index (κ2) is 6.38. The predicted molar refractivity (Wildman–Crippen MR) is 89.0 cm³/mol. The molecule has 0 aromatic rings. The van der Waals surface area contributed by atoms with Crippen LogP contribution in [0.2, 0.25) is 0 Å². The van der Waals surface area contributed by atoms with Crippen LogP contribution >= 0.6 is 11.8 Å². The van der Waals surface area contributed by atoms with Gasteiger partial charge in [-0.2, -0.15) is 11.8 Å². The van der Waals surface area contributed by atoms with Crippen LogP contribution < -0.4 is 5.32 Å². The number of rotatable bonds is 4. The summed E-state index contributed by atoms with van der Waals surface area (Å²) in [5, 5.41) is 3.70. The SMILES string of the molecule is C1CNC(CN(C2CC2)C2CCOC3(CCSCC3)C2)C1. The maximum atomic E-state index is 6.30. The normalized spacial score (nSPS) is 36.4. The molecule has 4 aliphatic rings. The molecule has 120 valence electrons. The molecular weight excluding hydrogens is 280 g/mol. The summed E-state index contributed by atoms with van der Waals surface area (Å²) in [6.07, 6.45) is 10.8. The number of hydrogen-bond donors (Lipinski definition) is 1. The fourth-order valence-corrected chi connectivity index (χ4v) is 5.78. The van der Waals surface area contributed by atoms with Gasteiger partial charge in [-0.3, -0.25) is 4.90 Å². The zero-order chi connectivity index (χ0) is 14.1. The lowest BCUT2D eigenvalue weighted by atomic mass is 9.84. The Hall–Kier alpha value is 0.230. The monoisotopic (exact) mass is 310 g/mol. The van der Waals surface area contributed by atoms with Crippen LogP contribution in [0.4, 0.5) is 0 Å². The van der Waals surface area contributed by atoms with Gasteiger partial charge < -0.3 is 10.1 Å². The summed E-state index contributed by atoms with van der Waals surface area (Å²) in [7, 11) is 0. The van der Waals surface area contributed by atoms with E-state index < -0.39 is 0 Å². The number of ether oxygens (including phenoxy) is 1. The maximum Gasteiger partial charge on any atom is 0.0713 e. The van der Waals surface area contributed by atoms with Gasteiger partial charge in [0.25, 0.3) is 0 Å². The third-order valence-corrected chi connectivity index (χ3v) is 6.94. The molecule has 0 bridgehead atoms. The molecule has 3 nitrogen and oxygen atoms in total. The largest absolute Gasteiger partial charge is 0.375 e. The Balaban J connectivity index is 1.41. The van der Waals surface area contributed by atoms with Crippen LogP contribution in [0.3, 0.4) is 0 Å². The van der Waals surface area contributed by atoms with E-state index in [0.29, 0.717) is 0 Å². The lowest BCUT2D eigenvalue weighted by Crippen LogP contribution is -2.53. The highest BCUT2D eigenvalue weighted by molar-refractivity contribution is 7.99. The van der Waals surface area contributed by atoms with E-state index in [-0.39, 0.29) is 5.60 Å². The number of nitrogens with zero attached hydrogens (tertiary/aromatic N) is 1. The summed E-state index contributed by atoms with van der Waals surface area (Å²) >= 11 is 2.11. The van der Waals surface area contributed by atoms with Crippen molar-refractivity contribution >= 4 is 11.8 Å². The van der Waals surface area contributed by atoms with Crippen molar-refractivity contribution in [2.45, 2.75) is 75.1 Å². The molecule has 0 aromatic carbocycles. The zero-order valence-corrected chi connectivity index (χ0v) is 14.0. The number of hydrogen-bond acceptors (Lipinski definition) is 4. The summed E-state index contributed by atoms with van der Waals surface area (Å²) in [4.78, 5) is 2.88. The molecule has 0 aromatic heterocycles. The van der Waals surface area contributed by atoms with Crippen LogP contribution in [0.1, 0.15) is 51.4 Å². The molecule has 1 aliphatic carbocycles. The first-order chi connectivity index (χ1) is 10.3. The summed E-state index contributed by atoms with van der Waals surface area (Å²) in [6.45, 7) is 3.52. The smallest absolute Gasteiger partial charge is 0.0713 e. The second-order valence-corrected chi connectivity index (χ2v) is 8.74. The molecule has 4 heteroatoms. The van der Waals surface area contributed by atoms with Crippen molar-refractivity contribution in [1.82, 2.24) is 10.2 Å². The van der Waals surface area contributed by atoms with E-state index in [9.17, 15) is 0 Å². The standard InChI is InChI=1S/C17H30N2OS/c1-2-14(18-8-1)13-19(15-3-4-15)16-5-9-20-17(12-16)6-10-21-11-7-17/h14-16,18H,1-13H2. The summed E-state index contributed by atoms with van der Waals surface area (Å²) in [6, 6.07) is 2.44. The lowest BCUT2D eigenvalue weighted by Gasteiger charge is -2.47. The van der Waals surface area contributed by atoms with E-state index in [1.54, 1.807) is 0 Å². The van der Waals surface area contributed by atoms with Gasteiger partial charge in [-0.1, -0.05) is 0 Å². The molecule has 3 heterocycles. The van der Waals surface area contributed by atoms with Gasteiger partial charge in [-0.15, -0.1) is 0 Å². The molecule has 3 aliphatic heterocycles. The fraction of sp³-hybridized carbons (Fsp3) is 1.00. The molecule has 1 N–H and O–H groups in total. The molecule has 3 saturated heterocycles. The van der Waals surface area contributed by atoms with Gasteiger partial charge in [0.1, 0.15) is 0 Å². The third-order valence-electron chi connectivity index (χ3n) is 5.95. The van der Waals surface area contributed by atoms with Gasteiger partial charge in [-0.05, 0) is 69.4 Å². The molecular formula is C17H30N2OS. The van der Waals surface area contributed by atoms with Crippen molar-refractivity contribution in [3.63, 3.8) is 0 Å². The van der Waals surface area contributed by atoms with E-state index in [1.165, 1.54) is 76.0 Å². The highest BCUT2D eigenvalue weighted by atomic mass is 32.2. The first-order valence-corrected chi connectivity index (χ1v) is 10.2. The van der Waals surface area contributed by atoms with Gasteiger partial charge in [0.2, 0.25) is 0 Å². The van der Waals surface area contributed by atoms with E-state index in [0.717, 1.165) is 24.7 Å². The first-order valence-electron chi connectivity index (χ1n) is 9.06. The average Bonchev–Trinajstić information content (AvgIpc) is 3.22.